The third-order valence-electron chi connectivity index (χ3n) is 3.73. The molecular formula is C17H21BrF3N3O5. The molecule has 29 heavy (non-hydrogen) atoms. The van der Waals surface area contributed by atoms with E-state index < -0.39 is 12.1 Å². The van der Waals surface area contributed by atoms with Crippen molar-refractivity contribution in [3.05, 3.63) is 29.8 Å². The lowest BCUT2D eigenvalue weighted by molar-refractivity contribution is -0.192. The summed E-state index contributed by atoms with van der Waals surface area (Å²) < 4.78 is 42.7. The van der Waals surface area contributed by atoms with Crippen molar-refractivity contribution in [3.63, 3.8) is 0 Å². The van der Waals surface area contributed by atoms with Gasteiger partial charge in [0.15, 0.2) is 5.96 Å². The standard InChI is InChI=1S/C15H20BrN3O3.C2HF3O2/c16-7-10-21-14(20)11-1-3-12(4-2-11)22-13-5-8-19(9-6-13)15(17)18;3-2(4,5)1(6)7/h1-4,13H,5-10H2,(H3,17,18);(H,6,7). The van der Waals surface area contributed by atoms with Crippen LogP contribution in [0.5, 0.6) is 5.75 Å². The molecule has 4 N–H and O–H groups in total. The van der Waals surface area contributed by atoms with E-state index >= 15 is 0 Å². The van der Waals surface area contributed by atoms with Gasteiger partial charge in [-0.3, -0.25) is 5.41 Å². The van der Waals surface area contributed by atoms with Crippen molar-refractivity contribution in [1.82, 2.24) is 4.90 Å². The minimum atomic E-state index is -5.08. The predicted molar refractivity (Wildman–Crippen MR) is 101 cm³/mol. The average Bonchev–Trinajstić information content (AvgIpc) is 2.67. The van der Waals surface area contributed by atoms with Crippen LogP contribution in [-0.4, -0.2) is 65.2 Å². The van der Waals surface area contributed by atoms with Gasteiger partial charge in [-0.25, -0.2) is 9.59 Å². The van der Waals surface area contributed by atoms with Crippen LogP contribution in [0.15, 0.2) is 24.3 Å². The lowest BCUT2D eigenvalue weighted by atomic mass is 10.1. The third kappa shape index (κ3) is 9.03. The number of guanidine groups is 1. The van der Waals surface area contributed by atoms with Crippen LogP contribution in [0.1, 0.15) is 23.2 Å². The molecule has 0 bridgehead atoms. The Morgan fingerprint density at radius 3 is 2.17 bits per heavy atom. The fourth-order valence-corrected chi connectivity index (χ4v) is 2.45. The number of ether oxygens (including phenoxy) is 2. The predicted octanol–water partition coefficient (Wildman–Crippen LogP) is 2.61. The van der Waals surface area contributed by atoms with Gasteiger partial charge in [0.2, 0.25) is 0 Å². The second kappa shape index (κ2) is 11.5. The minimum Gasteiger partial charge on any atom is -0.490 e. The Morgan fingerprint density at radius 2 is 1.76 bits per heavy atom. The molecule has 1 aliphatic rings. The lowest BCUT2D eigenvalue weighted by Crippen LogP contribution is -2.44. The summed E-state index contributed by atoms with van der Waals surface area (Å²) in [6.45, 7) is 1.82. The highest BCUT2D eigenvalue weighted by Crippen LogP contribution is 2.20. The van der Waals surface area contributed by atoms with Gasteiger partial charge in [0, 0.05) is 31.3 Å². The zero-order valence-electron chi connectivity index (χ0n) is 15.2. The number of nitrogens with one attached hydrogen (secondary N) is 1. The third-order valence-corrected chi connectivity index (χ3v) is 4.05. The van der Waals surface area contributed by atoms with E-state index in [9.17, 15) is 18.0 Å². The quantitative estimate of drug-likeness (QED) is 0.254. The second-order valence-electron chi connectivity index (χ2n) is 5.84. The Morgan fingerprint density at radius 1 is 1.24 bits per heavy atom. The molecular weight excluding hydrogens is 463 g/mol. The summed E-state index contributed by atoms with van der Waals surface area (Å²) in [5.74, 6) is -2.24. The molecule has 0 spiro atoms. The molecule has 0 atom stereocenters. The Bertz CT molecular complexity index is 693. The van der Waals surface area contributed by atoms with E-state index in [2.05, 4.69) is 15.9 Å². The van der Waals surface area contributed by atoms with Crippen molar-refractivity contribution in [2.75, 3.05) is 25.0 Å². The van der Waals surface area contributed by atoms with Crippen molar-refractivity contribution < 1.29 is 37.3 Å². The molecule has 0 aliphatic carbocycles. The maximum atomic E-state index is 11.7. The number of aliphatic carboxylic acids is 1. The summed E-state index contributed by atoms with van der Waals surface area (Å²) in [6.07, 6.45) is -3.31. The number of alkyl halides is 4. The van der Waals surface area contributed by atoms with Crippen molar-refractivity contribution in [1.29, 1.82) is 5.41 Å². The molecule has 1 aromatic rings. The lowest BCUT2D eigenvalue weighted by Gasteiger charge is -2.32. The SMILES string of the molecule is N=C(N)N1CCC(Oc2ccc(C(=O)OCCBr)cc2)CC1.O=C(O)C(F)(F)F. The smallest absolute Gasteiger partial charge is 0.490 e. The Balaban J connectivity index is 0.000000516. The topological polar surface area (TPSA) is 126 Å². The van der Waals surface area contributed by atoms with E-state index in [0.717, 1.165) is 31.7 Å². The maximum absolute atomic E-state index is 11.7. The number of carbonyl (C=O) groups is 2. The van der Waals surface area contributed by atoms with E-state index in [1.165, 1.54) is 0 Å². The molecule has 1 heterocycles. The van der Waals surface area contributed by atoms with Gasteiger partial charge in [0.25, 0.3) is 0 Å². The fourth-order valence-electron chi connectivity index (χ4n) is 2.29. The number of nitrogens with two attached hydrogens (primary N) is 1. The normalized spacial score (nSPS) is 14.4. The number of hydrogen-bond donors (Lipinski definition) is 3. The van der Waals surface area contributed by atoms with Gasteiger partial charge in [-0.1, -0.05) is 15.9 Å². The number of nitrogens with zero attached hydrogens (tertiary/aromatic N) is 1. The number of carbonyl (C=O) groups excluding carboxylic acids is 1. The number of halogens is 4. The molecule has 8 nitrogen and oxygen atoms in total. The van der Waals surface area contributed by atoms with Crippen LogP contribution in [0.25, 0.3) is 0 Å². The van der Waals surface area contributed by atoms with Crippen LogP contribution in [0.2, 0.25) is 0 Å². The molecule has 1 fully saturated rings. The van der Waals surface area contributed by atoms with Crippen LogP contribution in [0.3, 0.4) is 0 Å². The molecule has 12 heteroatoms. The van der Waals surface area contributed by atoms with Gasteiger partial charge < -0.3 is 25.2 Å². The zero-order chi connectivity index (χ0) is 22.0. The first-order chi connectivity index (χ1) is 13.5. The number of benzene rings is 1. The number of piperidine rings is 1. The highest BCUT2D eigenvalue weighted by atomic mass is 79.9. The fraction of sp³-hybridized carbons (Fsp3) is 0.471. The Labute approximate surface area is 173 Å². The molecule has 1 saturated heterocycles. The number of rotatable bonds is 5. The molecule has 1 aliphatic heterocycles. The Kier molecular flexibility index (Phi) is 9.72. The van der Waals surface area contributed by atoms with E-state index in [4.69, 9.17) is 30.5 Å². The van der Waals surface area contributed by atoms with Gasteiger partial charge in [-0.15, -0.1) is 0 Å². The summed E-state index contributed by atoms with van der Waals surface area (Å²) in [7, 11) is 0. The van der Waals surface area contributed by atoms with E-state index in [0.29, 0.717) is 17.5 Å². The largest absolute Gasteiger partial charge is 0.490 e. The van der Waals surface area contributed by atoms with Gasteiger partial charge in [-0.2, -0.15) is 13.2 Å². The first-order valence-corrected chi connectivity index (χ1v) is 9.55. The molecule has 0 aromatic heterocycles. The monoisotopic (exact) mass is 483 g/mol. The molecule has 0 amide bonds. The van der Waals surface area contributed by atoms with Gasteiger partial charge in [-0.05, 0) is 24.3 Å². The zero-order valence-corrected chi connectivity index (χ0v) is 16.8. The first kappa shape index (κ1) is 24.5. The van der Waals surface area contributed by atoms with Gasteiger partial charge in [0.1, 0.15) is 18.5 Å². The molecule has 0 radical (unpaired) electrons. The molecule has 0 saturated carbocycles. The molecule has 1 aromatic carbocycles. The maximum Gasteiger partial charge on any atom is 0.490 e. The van der Waals surface area contributed by atoms with E-state index in [1.807, 2.05) is 4.90 Å². The molecule has 2 rings (SSSR count). The van der Waals surface area contributed by atoms with Crippen molar-refractivity contribution >= 4 is 33.8 Å². The van der Waals surface area contributed by atoms with E-state index in [-0.39, 0.29) is 18.0 Å². The Hall–Kier alpha value is -2.50. The van der Waals surface area contributed by atoms with Crippen molar-refractivity contribution in [2.45, 2.75) is 25.1 Å². The number of esters is 1. The van der Waals surface area contributed by atoms with Gasteiger partial charge in [0.05, 0.1) is 5.56 Å². The number of likely N-dealkylation sites (tertiary alicyclic amines) is 1. The minimum absolute atomic E-state index is 0.113. The average molecular weight is 484 g/mol. The molecule has 0 unspecified atom stereocenters. The van der Waals surface area contributed by atoms with Crippen LogP contribution in [0, 0.1) is 5.41 Å². The van der Waals surface area contributed by atoms with Crippen molar-refractivity contribution in [2.24, 2.45) is 5.73 Å². The van der Waals surface area contributed by atoms with Crippen molar-refractivity contribution in [3.8, 4) is 5.75 Å². The first-order valence-electron chi connectivity index (χ1n) is 8.43. The molecule has 162 valence electrons. The van der Waals surface area contributed by atoms with E-state index in [1.54, 1.807) is 24.3 Å². The summed E-state index contributed by atoms with van der Waals surface area (Å²) in [5, 5.41) is 15.2. The second-order valence-corrected chi connectivity index (χ2v) is 6.63. The van der Waals surface area contributed by atoms with Gasteiger partial charge >= 0.3 is 18.1 Å². The van der Waals surface area contributed by atoms with Crippen LogP contribution >= 0.6 is 15.9 Å². The van der Waals surface area contributed by atoms with Crippen LogP contribution in [-0.2, 0) is 9.53 Å². The highest BCUT2D eigenvalue weighted by Gasteiger charge is 2.38. The number of hydrogen-bond acceptors (Lipinski definition) is 5. The highest BCUT2D eigenvalue weighted by molar-refractivity contribution is 9.09. The number of carboxylic acids is 1. The van der Waals surface area contributed by atoms with Crippen LogP contribution in [0.4, 0.5) is 13.2 Å². The summed E-state index contributed by atoms with van der Waals surface area (Å²) in [4.78, 5) is 22.4. The number of carboxylic acid groups (broad SMARTS) is 1. The van der Waals surface area contributed by atoms with Crippen LogP contribution < -0.4 is 10.5 Å². The summed E-state index contributed by atoms with van der Waals surface area (Å²) in [6, 6.07) is 6.97. The summed E-state index contributed by atoms with van der Waals surface area (Å²) in [5.41, 5.74) is 5.98. The summed E-state index contributed by atoms with van der Waals surface area (Å²) >= 11 is 3.21.